The van der Waals surface area contributed by atoms with Gasteiger partial charge in [-0.25, -0.2) is 14.5 Å². The number of aliphatic imine (C=N–C) groups is 1. The fourth-order valence-corrected chi connectivity index (χ4v) is 5.41. The minimum Gasteiger partial charge on any atom is -0.461 e. The predicted molar refractivity (Wildman–Crippen MR) is 144 cm³/mol. The maximum Gasteiger partial charge on any atom is 0.358 e. The molecule has 2 aliphatic heterocycles. The lowest BCUT2D eigenvalue weighted by molar-refractivity contribution is -0.134. The number of carbonyl (C=O) groups excluding carboxylic acids is 2. The molecule has 0 saturated carbocycles. The molecule has 3 heterocycles. The van der Waals surface area contributed by atoms with Crippen LogP contribution in [0.25, 0.3) is 0 Å². The van der Waals surface area contributed by atoms with Gasteiger partial charge in [-0.3, -0.25) is 4.79 Å². The van der Waals surface area contributed by atoms with Gasteiger partial charge in [-0.05, 0) is 37.6 Å². The highest BCUT2D eigenvalue weighted by atomic mass is 35.5. The second-order valence-corrected chi connectivity index (χ2v) is 9.80. The van der Waals surface area contributed by atoms with Gasteiger partial charge in [-0.2, -0.15) is 5.10 Å². The molecule has 1 amide bonds. The number of para-hydroxylation sites is 1. The number of hydrogen-bond acceptors (Lipinski definition) is 6. The van der Waals surface area contributed by atoms with Gasteiger partial charge in [0.15, 0.2) is 11.5 Å². The van der Waals surface area contributed by atoms with E-state index in [2.05, 4.69) is 27.1 Å². The highest BCUT2D eigenvalue weighted by Gasteiger charge is 2.42. The molecular weight excluding hydrogens is 513 g/mol. The molecule has 3 aromatic rings. The number of benzene rings is 2. The van der Waals surface area contributed by atoms with Crippen LogP contribution in [0.3, 0.4) is 0 Å². The zero-order valence-corrected chi connectivity index (χ0v) is 22.1. The zero-order valence-electron chi connectivity index (χ0n) is 20.6. The van der Waals surface area contributed by atoms with Crippen LogP contribution in [0.15, 0.2) is 59.6 Å². The summed E-state index contributed by atoms with van der Waals surface area (Å²) in [5, 5.41) is 5.23. The van der Waals surface area contributed by atoms with Gasteiger partial charge in [0.2, 0.25) is 5.91 Å². The molecule has 37 heavy (non-hydrogen) atoms. The number of amides is 1. The molecule has 0 aliphatic carbocycles. The standard InChI is InChI=1S/C27H27Cl2N5O3/c1-3-37-27(36)21-16-22-30-17(2)23(25(34(22)31-21)19-10-7-11-20(28)24(19)29)26(35)33-14-12-32(13-15-33)18-8-5-4-6-9-18/h4-11,16,23,25H,3,12-15H2,1-2H3. The normalized spacial score (nSPS) is 19.3. The van der Waals surface area contributed by atoms with Crippen LogP contribution < -0.4 is 4.90 Å². The quantitative estimate of drug-likeness (QED) is 0.425. The molecule has 1 aromatic heterocycles. The summed E-state index contributed by atoms with van der Waals surface area (Å²) in [5.41, 5.74) is 2.53. The van der Waals surface area contributed by atoms with E-state index in [0.29, 0.717) is 40.2 Å². The fourth-order valence-electron chi connectivity index (χ4n) is 4.99. The first-order chi connectivity index (χ1) is 17.9. The number of fused-ring (bicyclic) bond motifs is 1. The van der Waals surface area contributed by atoms with Crippen molar-refractivity contribution in [3.8, 4) is 0 Å². The first-order valence-corrected chi connectivity index (χ1v) is 13.0. The smallest absolute Gasteiger partial charge is 0.358 e. The first kappa shape index (κ1) is 25.3. The maximum absolute atomic E-state index is 14.1. The second kappa shape index (κ2) is 10.6. The Hall–Kier alpha value is -3.36. The van der Waals surface area contributed by atoms with Crippen molar-refractivity contribution in [2.45, 2.75) is 19.9 Å². The van der Waals surface area contributed by atoms with Crippen LogP contribution in [0, 0.1) is 5.92 Å². The molecule has 0 spiro atoms. The minimum absolute atomic E-state index is 0.0613. The number of esters is 1. The Kier molecular flexibility index (Phi) is 7.22. The Bertz CT molecular complexity index is 1350. The van der Waals surface area contributed by atoms with E-state index in [1.54, 1.807) is 29.8 Å². The molecule has 1 fully saturated rings. The van der Waals surface area contributed by atoms with Gasteiger partial charge in [-0.15, -0.1) is 0 Å². The summed E-state index contributed by atoms with van der Waals surface area (Å²) >= 11 is 13.0. The monoisotopic (exact) mass is 539 g/mol. The predicted octanol–water partition coefficient (Wildman–Crippen LogP) is 5.03. The number of hydrogen-bond donors (Lipinski definition) is 0. The number of carbonyl (C=O) groups is 2. The molecule has 2 unspecified atom stereocenters. The van der Waals surface area contributed by atoms with Crippen molar-refractivity contribution in [2.75, 3.05) is 37.7 Å². The fraction of sp³-hybridized carbons (Fsp3) is 0.333. The molecule has 0 N–H and O–H groups in total. The summed E-state index contributed by atoms with van der Waals surface area (Å²) in [4.78, 5) is 35.3. The molecule has 10 heteroatoms. The third kappa shape index (κ3) is 4.83. The summed E-state index contributed by atoms with van der Waals surface area (Å²) in [7, 11) is 0. The Balaban J connectivity index is 1.49. The van der Waals surface area contributed by atoms with E-state index < -0.39 is 17.9 Å². The van der Waals surface area contributed by atoms with Gasteiger partial charge < -0.3 is 14.5 Å². The molecule has 2 aliphatic rings. The molecular formula is C27H27Cl2N5O3. The van der Waals surface area contributed by atoms with E-state index >= 15 is 0 Å². The average Bonchev–Trinajstić information content (AvgIpc) is 3.34. The van der Waals surface area contributed by atoms with Crippen LogP contribution in [-0.4, -0.2) is 65.1 Å². The van der Waals surface area contributed by atoms with Crippen LogP contribution in [0.5, 0.6) is 0 Å². The highest BCUT2D eigenvalue weighted by Crippen LogP contribution is 2.42. The maximum atomic E-state index is 14.1. The summed E-state index contributed by atoms with van der Waals surface area (Å²) < 4.78 is 6.74. The van der Waals surface area contributed by atoms with E-state index in [1.807, 2.05) is 36.1 Å². The number of ether oxygens (including phenoxy) is 1. The van der Waals surface area contributed by atoms with Crippen molar-refractivity contribution >= 4 is 52.3 Å². The lowest BCUT2D eigenvalue weighted by Gasteiger charge is -2.40. The molecule has 8 nitrogen and oxygen atoms in total. The Morgan fingerprint density at radius 3 is 2.46 bits per heavy atom. The van der Waals surface area contributed by atoms with Crippen LogP contribution in [-0.2, 0) is 9.53 Å². The number of aromatic nitrogens is 2. The Morgan fingerprint density at radius 1 is 1.03 bits per heavy atom. The van der Waals surface area contributed by atoms with E-state index in [0.717, 1.165) is 18.8 Å². The Labute approximate surface area is 225 Å². The largest absolute Gasteiger partial charge is 0.461 e. The van der Waals surface area contributed by atoms with Crippen LogP contribution in [0.1, 0.15) is 35.9 Å². The van der Waals surface area contributed by atoms with Crippen molar-refractivity contribution in [3.05, 3.63) is 75.9 Å². The summed E-state index contributed by atoms with van der Waals surface area (Å²) in [6.07, 6.45) is 0. The number of anilines is 1. The molecule has 5 rings (SSSR count). The minimum atomic E-state index is -0.665. The summed E-state index contributed by atoms with van der Waals surface area (Å²) in [6, 6.07) is 16.5. The first-order valence-electron chi connectivity index (χ1n) is 12.2. The third-order valence-electron chi connectivity index (χ3n) is 6.80. The molecule has 0 bridgehead atoms. The lowest BCUT2D eigenvalue weighted by Crippen LogP contribution is -2.53. The van der Waals surface area contributed by atoms with E-state index in [4.69, 9.17) is 27.9 Å². The molecule has 192 valence electrons. The van der Waals surface area contributed by atoms with Crippen molar-refractivity contribution < 1.29 is 14.3 Å². The molecule has 0 radical (unpaired) electrons. The van der Waals surface area contributed by atoms with Crippen molar-refractivity contribution in [1.82, 2.24) is 14.7 Å². The second-order valence-electron chi connectivity index (χ2n) is 9.02. The van der Waals surface area contributed by atoms with Gasteiger partial charge in [0.05, 0.1) is 22.7 Å². The van der Waals surface area contributed by atoms with Crippen molar-refractivity contribution in [3.63, 3.8) is 0 Å². The van der Waals surface area contributed by atoms with Crippen LogP contribution >= 0.6 is 23.2 Å². The zero-order chi connectivity index (χ0) is 26.1. The summed E-state index contributed by atoms with van der Waals surface area (Å²) in [5.74, 6) is -0.817. The van der Waals surface area contributed by atoms with Crippen LogP contribution in [0.4, 0.5) is 11.5 Å². The number of halogens is 2. The lowest BCUT2D eigenvalue weighted by atomic mass is 9.86. The van der Waals surface area contributed by atoms with Gasteiger partial charge in [0.25, 0.3) is 0 Å². The summed E-state index contributed by atoms with van der Waals surface area (Å²) in [6.45, 7) is 6.39. The van der Waals surface area contributed by atoms with E-state index in [1.165, 1.54) is 0 Å². The molecule has 2 atom stereocenters. The topological polar surface area (TPSA) is 80.0 Å². The van der Waals surface area contributed by atoms with Crippen molar-refractivity contribution in [2.24, 2.45) is 10.9 Å². The average molecular weight is 540 g/mol. The number of rotatable bonds is 5. The van der Waals surface area contributed by atoms with Gasteiger partial charge in [0, 0.05) is 43.6 Å². The third-order valence-corrected chi connectivity index (χ3v) is 7.63. The van der Waals surface area contributed by atoms with Gasteiger partial charge >= 0.3 is 5.97 Å². The number of nitrogens with zero attached hydrogens (tertiary/aromatic N) is 5. The van der Waals surface area contributed by atoms with E-state index in [9.17, 15) is 9.59 Å². The van der Waals surface area contributed by atoms with E-state index in [-0.39, 0.29) is 18.2 Å². The molecule has 2 aromatic carbocycles. The van der Waals surface area contributed by atoms with Crippen LogP contribution in [0.2, 0.25) is 10.0 Å². The van der Waals surface area contributed by atoms with Crippen molar-refractivity contribution in [1.29, 1.82) is 0 Å². The van der Waals surface area contributed by atoms with Gasteiger partial charge in [-0.1, -0.05) is 53.5 Å². The number of piperazine rings is 1. The molecule has 1 saturated heterocycles. The van der Waals surface area contributed by atoms with Gasteiger partial charge in [0.1, 0.15) is 5.92 Å². The highest BCUT2D eigenvalue weighted by molar-refractivity contribution is 6.42. The Morgan fingerprint density at radius 2 is 1.76 bits per heavy atom. The SMILES string of the molecule is CCOC(=O)c1cc2n(n1)C(c1cccc(Cl)c1Cl)C(C(=O)N1CCN(c3ccccc3)CC1)C(C)=N2.